The minimum absolute atomic E-state index is 0.980. The molecule has 9 rings (SSSR count). The van der Waals surface area contributed by atoms with Gasteiger partial charge in [0, 0.05) is 50.4 Å². The van der Waals surface area contributed by atoms with E-state index in [1.807, 2.05) is 18.5 Å². The molecule has 0 spiro atoms. The lowest BCUT2D eigenvalue weighted by atomic mass is 10.0. The van der Waals surface area contributed by atoms with E-state index in [1.165, 1.54) is 32.6 Å². The van der Waals surface area contributed by atoms with Gasteiger partial charge in [0.25, 0.3) is 0 Å². The first-order chi connectivity index (χ1) is 19.9. The predicted octanol–water partition coefficient (Wildman–Crippen LogP) is 8.98. The van der Waals surface area contributed by atoms with Gasteiger partial charge in [0.1, 0.15) is 0 Å². The van der Waals surface area contributed by atoms with E-state index < -0.39 is 0 Å². The van der Waals surface area contributed by atoms with Crippen LogP contribution in [0.1, 0.15) is 0 Å². The van der Waals surface area contributed by atoms with Gasteiger partial charge in [-0.05, 0) is 54.6 Å². The van der Waals surface area contributed by atoms with E-state index in [-0.39, 0.29) is 0 Å². The minimum atomic E-state index is 0.980. The van der Waals surface area contributed by atoms with E-state index in [4.69, 9.17) is 9.97 Å². The fourth-order valence-electron chi connectivity index (χ4n) is 6.62. The summed E-state index contributed by atoms with van der Waals surface area (Å²) in [6, 6.07) is 43.0. The van der Waals surface area contributed by atoms with E-state index in [0.29, 0.717) is 0 Å². The first-order valence-corrected chi connectivity index (χ1v) is 13.5. The second-order valence-electron chi connectivity index (χ2n) is 10.2. The van der Waals surface area contributed by atoms with Gasteiger partial charge in [-0.2, -0.15) is 0 Å². The standard InChI is InChI=1S/C36H22N4/c1-2-11-23(12-3-1)39-30-18-6-5-14-26(30)33-34-27(16-10-22-38-34)32-25-13-4-7-19-31(25)40(35(32)36(33)39)29-20-8-17-28-24(29)15-9-21-37-28/h1-22H. The summed E-state index contributed by atoms with van der Waals surface area (Å²) in [5.74, 6) is 0. The molecule has 0 amide bonds. The molecule has 4 nitrogen and oxygen atoms in total. The Balaban J connectivity index is 1.67. The second-order valence-corrected chi connectivity index (χ2v) is 10.2. The van der Waals surface area contributed by atoms with Gasteiger partial charge in [0.2, 0.25) is 0 Å². The third kappa shape index (κ3) is 2.74. The van der Waals surface area contributed by atoms with Gasteiger partial charge in [0.05, 0.1) is 38.8 Å². The van der Waals surface area contributed by atoms with Crippen molar-refractivity contribution >= 4 is 65.4 Å². The zero-order chi connectivity index (χ0) is 26.2. The molecule has 9 aromatic rings. The molecule has 0 N–H and O–H groups in total. The van der Waals surface area contributed by atoms with Gasteiger partial charge in [-0.25, -0.2) is 0 Å². The highest BCUT2D eigenvalue weighted by Gasteiger charge is 2.25. The summed E-state index contributed by atoms with van der Waals surface area (Å²) < 4.78 is 4.86. The summed E-state index contributed by atoms with van der Waals surface area (Å²) in [5.41, 5.74) is 8.91. The van der Waals surface area contributed by atoms with Gasteiger partial charge in [-0.3, -0.25) is 9.97 Å². The molecule has 4 heterocycles. The molecule has 0 radical (unpaired) electrons. The summed E-state index contributed by atoms with van der Waals surface area (Å²) in [5, 5.41) is 7.08. The maximum Gasteiger partial charge on any atom is 0.0811 e. The Bertz CT molecular complexity index is 2430. The topological polar surface area (TPSA) is 35.6 Å². The molecule has 40 heavy (non-hydrogen) atoms. The molecular weight excluding hydrogens is 488 g/mol. The van der Waals surface area contributed by atoms with Crippen molar-refractivity contribution in [3.63, 3.8) is 0 Å². The number of para-hydroxylation sites is 3. The molecule has 0 unspecified atom stereocenters. The SMILES string of the molecule is c1ccc(-n2c3ccccc3c3c4ncccc4c4c5ccccc5n(-c5cccc6ncccc56)c4c32)cc1. The lowest BCUT2D eigenvalue weighted by Gasteiger charge is -2.15. The predicted molar refractivity (Wildman–Crippen MR) is 166 cm³/mol. The normalized spacial score (nSPS) is 12.0. The number of hydrogen-bond acceptors (Lipinski definition) is 2. The van der Waals surface area contributed by atoms with E-state index in [9.17, 15) is 0 Å². The molecule has 0 aliphatic carbocycles. The largest absolute Gasteiger partial charge is 0.307 e. The Morgan fingerprint density at radius 3 is 1.88 bits per heavy atom. The van der Waals surface area contributed by atoms with Crippen LogP contribution in [0, 0.1) is 0 Å². The average molecular weight is 511 g/mol. The monoisotopic (exact) mass is 510 g/mol. The molecule has 0 saturated carbocycles. The van der Waals surface area contributed by atoms with E-state index in [1.54, 1.807) is 0 Å². The van der Waals surface area contributed by atoms with Crippen molar-refractivity contribution in [3.05, 3.63) is 134 Å². The van der Waals surface area contributed by atoms with Crippen LogP contribution in [0.4, 0.5) is 0 Å². The molecule has 5 aromatic carbocycles. The number of hydrogen-bond donors (Lipinski definition) is 0. The highest BCUT2D eigenvalue weighted by Crippen LogP contribution is 2.46. The smallest absolute Gasteiger partial charge is 0.0811 e. The maximum atomic E-state index is 5.02. The molecule has 0 atom stereocenters. The quantitative estimate of drug-likeness (QED) is 0.233. The summed E-state index contributed by atoms with van der Waals surface area (Å²) in [7, 11) is 0. The summed E-state index contributed by atoms with van der Waals surface area (Å²) in [6.07, 6.45) is 3.78. The first-order valence-electron chi connectivity index (χ1n) is 13.5. The lowest BCUT2D eigenvalue weighted by Crippen LogP contribution is -2.00. The maximum absolute atomic E-state index is 5.02. The Morgan fingerprint density at radius 1 is 0.425 bits per heavy atom. The average Bonchev–Trinajstić information content (AvgIpc) is 3.55. The van der Waals surface area contributed by atoms with Crippen molar-refractivity contribution in [2.24, 2.45) is 0 Å². The van der Waals surface area contributed by atoms with Crippen LogP contribution in [-0.2, 0) is 0 Å². The van der Waals surface area contributed by atoms with Crippen molar-refractivity contribution < 1.29 is 0 Å². The number of rotatable bonds is 2. The number of aromatic nitrogens is 4. The summed E-state index contributed by atoms with van der Waals surface area (Å²) >= 11 is 0. The van der Waals surface area contributed by atoms with E-state index in [0.717, 1.165) is 44.2 Å². The molecule has 0 bridgehead atoms. The van der Waals surface area contributed by atoms with Gasteiger partial charge < -0.3 is 9.13 Å². The molecule has 0 aliphatic heterocycles. The Labute approximate surface area is 229 Å². The van der Waals surface area contributed by atoms with Crippen molar-refractivity contribution in [2.45, 2.75) is 0 Å². The van der Waals surface area contributed by atoms with Crippen molar-refractivity contribution in [2.75, 3.05) is 0 Å². The van der Waals surface area contributed by atoms with Gasteiger partial charge in [-0.1, -0.05) is 66.7 Å². The van der Waals surface area contributed by atoms with Crippen LogP contribution in [0.5, 0.6) is 0 Å². The minimum Gasteiger partial charge on any atom is -0.307 e. The van der Waals surface area contributed by atoms with Crippen molar-refractivity contribution in [3.8, 4) is 11.4 Å². The van der Waals surface area contributed by atoms with Crippen molar-refractivity contribution in [1.29, 1.82) is 0 Å². The second kappa shape index (κ2) is 8.01. The molecule has 4 aromatic heterocycles. The van der Waals surface area contributed by atoms with Crippen LogP contribution >= 0.6 is 0 Å². The van der Waals surface area contributed by atoms with Crippen LogP contribution in [0.15, 0.2) is 134 Å². The van der Waals surface area contributed by atoms with Crippen LogP contribution in [0.2, 0.25) is 0 Å². The molecule has 0 fully saturated rings. The summed E-state index contributed by atoms with van der Waals surface area (Å²) in [4.78, 5) is 9.72. The van der Waals surface area contributed by atoms with Gasteiger partial charge in [-0.15, -0.1) is 0 Å². The number of nitrogens with zero attached hydrogens (tertiary/aromatic N) is 4. The fourth-order valence-corrected chi connectivity index (χ4v) is 6.62. The third-order valence-corrected chi connectivity index (χ3v) is 8.17. The fraction of sp³-hybridized carbons (Fsp3) is 0. The molecule has 4 heteroatoms. The Kier molecular flexibility index (Phi) is 4.30. The molecule has 0 saturated heterocycles. The van der Waals surface area contributed by atoms with Gasteiger partial charge >= 0.3 is 0 Å². The third-order valence-electron chi connectivity index (χ3n) is 8.17. The number of pyridine rings is 2. The van der Waals surface area contributed by atoms with Crippen LogP contribution in [0.25, 0.3) is 76.8 Å². The highest BCUT2D eigenvalue weighted by molar-refractivity contribution is 6.35. The molecule has 0 aliphatic rings. The van der Waals surface area contributed by atoms with Crippen LogP contribution in [0.3, 0.4) is 0 Å². The Hall–Kier alpha value is -5.48. The number of benzene rings is 5. The van der Waals surface area contributed by atoms with E-state index >= 15 is 0 Å². The van der Waals surface area contributed by atoms with Crippen molar-refractivity contribution in [1.82, 2.24) is 19.1 Å². The first kappa shape index (κ1) is 21.5. The molecular formula is C36H22N4. The summed E-state index contributed by atoms with van der Waals surface area (Å²) in [6.45, 7) is 0. The number of fused-ring (bicyclic) bond motifs is 11. The van der Waals surface area contributed by atoms with E-state index in [2.05, 4.69) is 124 Å². The van der Waals surface area contributed by atoms with Gasteiger partial charge in [0.15, 0.2) is 0 Å². The van der Waals surface area contributed by atoms with Crippen LogP contribution in [-0.4, -0.2) is 19.1 Å². The highest BCUT2D eigenvalue weighted by atomic mass is 15.0. The Morgan fingerprint density at radius 2 is 1.05 bits per heavy atom. The lowest BCUT2D eigenvalue weighted by molar-refractivity contribution is 1.15. The molecule has 186 valence electrons. The van der Waals surface area contributed by atoms with Crippen LogP contribution < -0.4 is 0 Å². The zero-order valence-corrected chi connectivity index (χ0v) is 21.5. The zero-order valence-electron chi connectivity index (χ0n) is 21.5.